The lowest BCUT2D eigenvalue weighted by molar-refractivity contribution is 0.100. The molecule has 2 aromatic rings. The molecule has 0 bridgehead atoms. The van der Waals surface area contributed by atoms with Crippen LogP contribution in [0.25, 0.3) is 0 Å². The molecule has 0 spiro atoms. The quantitative estimate of drug-likeness (QED) is 0.684. The average Bonchev–Trinajstić information content (AvgIpc) is 3.23. The van der Waals surface area contributed by atoms with Crippen LogP contribution in [0.4, 0.5) is 19.3 Å². The minimum absolute atomic E-state index is 0.0482. The summed E-state index contributed by atoms with van der Waals surface area (Å²) >= 11 is 6.23. The molecule has 1 aliphatic rings. The van der Waals surface area contributed by atoms with Crippen LogP contribution in [-0.4, -0.2) is 61.4 Å². The second-order valence-electron chi connectivity index (χ2n) is 7.75. The third-order valence-corrected chi connectivity index (χ3v) is 5.79. The number of likely N-dealkylation sites (tertiary alicyclic amines) is 1. The molecule has 1 heterocycles. The Kier molecular flexibility index (Phi) is 7.25. The number of likely N-dealkylation sites (N-methyl/N-ethyl adjacent to an activating group) is 1. The Labute approximate surface area is 185 Å². The van der Waals surface area contributed by atoms with Crippen LogP contribution >= 0.6 is 11.6 Å². The number of carbonyl (C=O) groups excluding carboxylic acids is 2. The molecule has 2 N–H and O–H groups in total. The van der Waals surface area contributed by atoms with Crippen molar-refractivity contribution >= 4 is 29.1 Å². The first-order valence-electron chi connectivity index (χ1n) is 9.91. The van der Waals surface area contributed by atoms with Crippen LogP contribution in [0, 0.1) is 11.6 Å². The van der Waals surface area contributed by atoms with Crippen molar-refractivity contribution in [3.63, 3.8) is 0 Å². The van der Waals surface area contributed by atoms with Gasteiger partial charge in [0.25, 0.3) is 0 Å². The first kappa shape index (κ1) is 23.1. The molecule has 0 unspecified atom stereocenters. The molecule has 2 aromatic carbocycles. The number of nitrogens with two attached hydrogens (primary N) is 1. The van der Waals surface area contributed by atoms with Gasteiger partial charge in [0.2, 0.25) is 0 Å². The highest BCUT2D eigenvalue weighted by atomic mass is 35.5. The third-order valence-electron chi connectivity index (χ3n) is 5.48. The van der Waals surface area contributed by atoms with E-state index in [-0.39, 0.29) is 52.8 Å². The molecular weight excluding hydrogens is 426 g/mol. The zero-order valence-electron chi connectivity index (χ0n) is 17.4. The average molecular weight is 451 g/mol. The first-order chi connectivity index (χ1) is 14.7. The summed E-state index contributed by atoms with van der Waals surface area (Å²) in [6.45, 7) is 0.712. The van der Waals surface area contributed by atoms with Crippen LogP contribution in [-0.2, 0) is 6.54 Å². The number of carbonyl (C=O) groups is 2. The fraction of sp³-hybridized carbons (Fsp3) is 0.364. The fourth-order valence-electron chi connectivity index (χ4n) is 3.60. The van der Waals surface area contributed by atoms with Crippen molar-refractivity contribution < 1.29 is 18.4 Å². The molecule has 2 amide bonds. The summed E-state index contributed by atoms with van der Waals surface area (Å²) < 4.78 is 28.3. The summed E-state index contributed by atoms with van der Waals surface area (Å²) in [6.07, 6.45) is 0.813. The van der Waals surface area contributed by atoms with E-state index in [0.717, 1.165) is 18.6 Å². The summed E-state index contributed by atoms with van der Waals surface area (Å²) in [4.78, 5) is 30.2. The van der Waals surface area contributed by atoms with Crippen LogP contribution < -0.4 is 10.6 Å². The number of rotatable bonds is 6. The molecule has 0 aliphatic carbocycles. The van der Waals surface area contributed by atoms with Crippen molar-refractivity contribution in [3.8, 4) is 0 Å². The zero-order valence-corrected chi connectivity index (χ0v) is 18.2. The topological polar surface area (TPSA) is 69.9 Å². The summed E-state index contributed by atoms with van der Waals surface area (Å²) in [5.74, 6) is -1.56. The molecule has 3 rings (SSSR count). The largest absolute Gasteiger partial charge is 0.324 e. The van der Waals surface area contributed by atoms with Gasteiger partial charge in [-0.05, 0) is 44.8 Å². The van der Waals surface area contributed by atoms with E-state index in [4.69, 9.17) is 17.3 Å². The molecule has 1 saturated heterocycles. The summed E-state index contributed by atoms with van der Waals surface area (Å²) in [5, 5.41) is 0.0482. The number of benzene rings is 2. The molecule has 1 aliphatic heterocycles. The summed E-state index contributed by atoms with van der Waals surface area (Å²) in [7, 11) is 3.90. The van der Waals surface area contributed by atoms with Gasteiger partial charge in [-0.3, -0.25) is 9.69 Å². The first-order valence-corrected chi connectivity index (χ1v) is 10.3. The van der Waals surface area contributed by atoms with Crippen molar-refractivity contribution in [1.82, 2.24) is 9.80 Å². The maximum absolute atomic E-state index is 14.8. The van der Waals surface area contributed by atoms with Crippen LogP contribution in [0.15, 0.2) is 36.4 Å². The van der Waals surface area contributed by atoms with E-state index in [1.807, 2.05) is 14.1 Å². The lowest BCUT2D eigenvalue weighted by atomic mass is 10.1. The van der Waals surface area contributed by atoms with E-state index >= 15 is 0 Å². The highest BCUT2D eigenvalue weighted by Crippen LogP contribution is 2.30. The van der Waals surface area contributed by atoms with E-state index in [2.05, 4.69) is 4.90 Å². The van der Waals surface area contributed by atoms with E-state index in [9.17, 15) is 18.4 Å². The maximum Gasteiger partial charge on any atom is 0.324 e. The Bertz CT molecular complexity index is 986. The third kappa shape index (κ3) is 5.20. The predicted octanol–water partition coefficient (Wildman–Crippen LogP) is 3.52. The molecule has 0 aromatic heterocycles. The predicted molar refractivity (Wildman–Crippen MR) is 116 cm³/mol. The van der Waals surface area contributed by atoms with Crippen molar-refractivity contribution in [1.29, 1.82) is 0 Å². The second-order valence-corrected chi connectivity index (χ2v) is 8.16. The minimum Gasteiger partial charge on any atom is -0.324 e. The van der Waals surface area contributed by atoms with Gasteiger partial charge >= 0.3 is 6.03 Å². The van der Waals surface area contributed by atoms with Crippen molar-refractivity contribution in [3.05, 3.63) is 64.2 Å². The number of halogens is 3. The van der Waals surface area contributed by atoms with Gasteiger partial charge < -0.3 is 15.5 Å². The highest BCUT2D eigenvalue weighted by molar-refractivity contribution is 6.33. The Morgan fingerprint density at radius 3 is 2.52 bits per heavy atom. The van der Waals surface area contributed by atoms with Gasteiger partial charge in [-0.2, -0.15) is 0 Å². The normalized spacial score (nSPS) is 16.1. The number of anilines is 1. The summed E-state index contributed by atoms with van der Waals surface area (Å²) in [6, 6.07) is 7.61. The molecule has 9 heteroatoms. The number of ketones is 1. The standard InChI is InChI=1S/C22H25ClF2N4O2/c1-27(2)17-7-8-28(13-17)22(31)29(20-6-5-16(24)10-18(20)23)12-15-4-3-14(9-19(15)25)21(30)11-26/h3-6,9-10,17H,7-8,11-13,26H2,1-2H3/t17-/m0/s1. The smallest absolute Gasteiger partial charge is 0.324 e. The van der Waals surface area contributed by atoms with Gasteiger partial charge in [0.05, 0.1) is 23.8 Å². The van der Waals surface area contributed by atoms with Gasteiger partial charge in [-0.25, -0.2) is 13.6 Å². The number of amides is 2. The Morgan fingerprint density at radius 2 is 1.94 bits per heavy atom. The Hall–Kier alpha value is -2.55. The highest BCUT2D eigenvalue weighted by Gasteiger charge is 2.32. The van der Waals surface area contributed by atoms with E-state index in [0.29, 0.717) is 13.1 Å². The molecule has 6 nitrogen and oxygen atoms in total. The molecule has 31 heavy (non-hydrogen) atoms. The van der Waals surface area contributed by atoms with Crippen LogP contribution in [0.1, 0.15) is 22.3 Å². The van der Waals surface area contributed by atoms with Gasteiger partial charge in [-0.15, -0.1) is 0 Å². The van der Waals surface area contributed by atoms with Crippen LogP contribution in [0.5, 0.6) is 0 Å². The van der Waals surface area contributed by atoms with Crippen molar-refractivity contribution in [2.24, 2.45) is 5.73 Å². The van der Waals surface area contributed by atoms with E-state index < -0.39 is 11.6 Å². The molecule has 0 radical (unpaired) electrons. The second kappa shape index (κ2) is 9.72. The van der Waals surface area contributed by atoms with Gasteiger partial charge in [0.15, 0.2) is 5.78 Å². The number of Topliss-reactive ketones (excluding diaryl/α,β-unsaturated/α-hetero) is 1. The lowest BCUT2D eigenvalue weighted by Gasteiger charge is -2.29. The Morgan fingerprint density at radius 1 is 1.19 bits per heavy atom. The van der Waals surface area contributed by atoms with E-state index in [1.165, 1.54) is 29.2 Å². The zero-order chi connectivity index (χ0) is 22.7. The SMILES string of the molecule is CN(C)[C@H]1CCN(C(=O)N(Cc2ccc(C(=O)CN)cc2F)c2ccc(F)cc2Cl)C1. The monoisotopic (exact) mass is 450 g/mol. The number of nitrogens with zero attached hydrogens (tertiary/aromatic N) is 3. The minimum atomic E-state index is -0.636. The molecule has 0 saturated carbocycles. The lowest BCUT2D eigenvalue weighted by Crippen LogP contribution is -2.43. The van der Waals surface area contributed by atoms with E-state index in [1.54, 1.807) is 4.90 Å². The van der Waals surface area contributed by atoms with Gasteiger partial charge in [0.1, 0.15) is 11.6 Å². The molecule has 166 valence electrons. The number of hydrogen-bond donors (Lipinski definition) is 1. The molecule has 1 atom stereocenters. The van der Waals surface area contributed by atoms with Gasteiger partial charge in [0, 0.05) is 30.3 Å². The van der Waals surface area contributed by atoms with Gasteiger partial charge in [-0.1, -0.05) is 23.7 Å². The number of urea groups is 1. The maximum atomic E-state index is 14.8. The van der Waals surface area contributed by atoms with Crippen LogP contribution in [0.3, 0.4) is 0 Å². The van der Waals surface area contributed by atoms with Crippen LogP contribution in [0.2, 0.25) is 5.02 Å². The number of hydrogen-bond acceptors (Lipinski definition) is 4. The molecular formula is C22H25ClF2N4O2. The summed E-state index contributed by atoms with van der Waals surface area (Å²) in [5.41, 5.74) is 5.98. The fourth-order valence-corrected chi connectivity index (χ4v) is 3.87. The Balaban J connectivity index is 1.93. The van der Waals surface area contributed by atoms with Crippen molar-refractivity contribution in [2.75, 3.05) is 38.6 Å². The van der Waals surface area contributed by atoms with Crippen molar-refractivity contribution in [2.45, 2.75) is 19.0 Å². The molecule has 1 fully saturated rings.